The largest absolute Gasteiger partial charge is 0.316 e. The first-order valence-electron chi connectivity index (χ1n) is 6.41. The topological polar surface area (TPSA) is 18.5 Å². The van der Waals surface area contributed by atoms with Crippen LogP contribution in [-0.4, -0.2) is 62.7 Å². The summed E-state index contributed by atoms with van der Waals surface area (Å²) in [5.74, 6) is 0. The monoisotopic (exact) mass is 225 g/mol. The molecule has 1 unspecified atom stereocenters. The van der Waals surface area contributed by atoms with Gasteiger partial charge < -0.3 is 10.2 Å². The maximum atomic E-state index is 4.08. The fourth-order valence-electron chi connectivity index (χ4n) is 2.63. The van der Waals surface area contributed by atoms with Gasteiger partial charge in [0.05, 0.1) is 0 Å². The molecule has 0 radical (unpaired) electrons. The quantitative estimate of drug-likeness (QED) is 0.656. The summed E-state index contributed by atoms with van der Waals surface area (Å²) in [6.07, 6.45) is 2.72. The van der Waals surface area contributed by atoms with Gasteiger partial charge in [-0.2, -0.15) is 0 Å². The van der Waals surface area contributed by atoms with Crippen molar-refractivity contribution in [1.29, 1.82) is 0 Å². The second kappa shape index (κ2) is 7.05. The smallest absolute Gasteiger partial charge is 0.0223 e. The number of nitrogens with one attached hydrogen (secondary N) is 1. The van der Waals surface area contributed by atoms with Crippen LogP contribution in [0.4, 0.5) is 0 Å². The molecule has 0 spiro atoms. The van der Waals surface area contributed by atoms with Crippen molar-refractivity contribution < 1.29 is 0 Å². The number of hydrogen-bond donors (Lipinski definition) is 1. The molecule has 0 aromatic carbocycles. The first kappa shape index (κ1) is 13.7. The van der Waals surface area contributed by atoms with Crippen molar-refractivity contribution in [2.75, 3.05) is 46.8 Å². The third kappa shape index (κ3) is 4.24. The molecule has 1 fully saturated rings. The van der Waals surface area contributed by atoms with Gasteiger partial charge in [-0.3, -0.25) is 4.90 Å². The Kier molecular flexibility index (Phi) is 6.03. The number of hydrogen-bond acceptors (Lipinski definition) is 3. The molecule has 1 aliphatic heterocycles. The van der Waals surface area contributed by atoms with Crippen molar-refractivity contribution in [3.63, 3.8) is 0 Å². The van der Waals surface area contributed by atoms with Crippen LogP contribution in [0.2, 0.25) is 0 Å². The summed E-state index contributed by atoms with van der Waals surface area (Å²) in [6, 6.07) is 0.761. The molecule has 1 saturated heterocycles. The van der Waals surface area contributed by atoms with Crippen LogP contribution in [0.5, 0.6) is 0 Å². The molecule has 1 atom stereocenters. The molecule has 94 valence electrons. The maximum Gasteiger partial charge on any atom is 0.0223 e. The van der Waals surface area contributed by atoms with Gasteiger partial charge in [-0.05, 0) is 45.6 Å². The van der Waals surface area contributed by atoms with Crippen LogP contribution in [0.1, 0.15) is 19.8 Å². The molecule has 1 N–H and O–H groups in total. The number of rotatable bonds is 7. The molecule has 0 saturated carbocycles. The average Bonchev–Trinajstić information content (AvgIpc) is 2.65. The summed E-state index contributed by atoms with van der Waals surface area (Å²) in [5, 5.41) is 3.15. The first-order valence-corrected chi connectivity index (χ1v) is 6.41. The van der Waals surface area contributed by atoms with Crippen LogP contribution >= 0.6 is 0 Å². The molecule has 0 bridgehead atoms. The van der Waals surface area contributed by atoms with E-state index in [0.717, 1.165) is 19.1 Å². The molecule has 3 heteroatoms. The van der Waals surface area contributed by atoms with E-state index < -0.39 is 0 Å². The Morgan fingerprint density at radius 1 is 1.56 bits per heavy atom. The van der Waals surface area contributed by atoms with Gasteiger partial charge in [0, 0.05) is 25.7 Å². The van der Waals surface area contributed by atoms with Crippen LogP contribution in [0.25, 0.3) is 0 Å². The van der Waals surface area contributed by atoms with Gasteiger partial charge in [0.25, 0.3) is 0 Å². The standard InChI is InChI=1S/C13H27N3/c1-5-16-8-6-7-13(16)11-15(4)10-12(2)9-14-3/h13-14H,2,5-11H2,1,3-4H3. The summed E-state index contributed by atoms with van der Waals surface area (Å²) in [5.41, 5.74) is 1.27. The maximum absolute atomic E-state index is 4.08. The van der Waals surface area contributed by atoms with E-state index in [-0.39, 0.29) is 0 Å². The van der Waals surface area contributed by atoms with E-state index in [2.05, 4.69) is 35.7 Å². The molecule has 16 heavy (non-hydrogen) atoms. The minimum atomic E-state index is 0.761. The van der Waals surface area contributed by atoms with Gasteiger partial charge in [-0.15, -0.1) is 0 Å². The van der Waals surface area contributed by atoms with Crippen LogP contribution in [0.15, 0.2) is 12.2 Å². The second-order valence-electron chi connectivity index (χ2n) is 4.90. The van der Waals surface area contributed by atoms with Crippen LogP contribution in [-0.2, 0) is 0 Å². The van der Waals surface area contributed by atoms with Gasteiger partial charge in [-0.25, -0.2) is 0 Å². The highest BCUT2D eigenvalue weighted by molar-refractivity contribution is 4.99. The van der Waals surface area contributed by atoms with Crippen molar-refractivity contribution in [2.24, 2.45) is 0 Å². The third-order valence-electron chi connectivity index (χ3n) is 3.35. The first-order chi connectivity index (χ1) is 7.67. The highest BCUT2D eigenvalue weighted by Crippen LogP contribution is 2.17. The van der Waals surface area contributed by atoms with Crippen molar-refractivity contribution in [3.8, 4) is 0 Å². The van der Waals surface area contributed by atoms with E-state index in [1.807, 2.05) is 7.05 Å². The lowest BCUT2D eigenvalue weighted by Crippen LogP contribution is -2.39. The van der Waals surface area contributed by atoms with E-state index in [1.165, 1.54) is 38.0 Å². The number of likely N-dealkylation sites (tertiary alicyclic amines) is 1. The third-order valence-corrected chi connectivity index (χ3v) is 3.35. The SMILES string of the molecule is C=C(CNC)CN(C)CC1CCCN1CC. The van der Waals surface area contributed by atoms with E-state index in [1.54, 1.807) is 0 Å². The molecule has 0 amide bonds. The van der Waals surface area contributed by atoms with Crippen molar-refractivity contribution in [2.45, 2.75) is 25.8 Å². The Morgan fingerprint density at radius 3 is 2.94 bits per heavy atom. The Morgan fingerprint density at radius 2 is 2.31 bits per heavy atom. The van der Waals surface area contributed by atoms with Crippen LogP contribution in [0, 0.1) is 0 Å². The van der Waals surface area contributed by atoms with E-state index >= 15 is 0 Å². The van der Waals surface area contributed by atoms with Gasteiger partial charge in [-0.1, -0.05) is 13.5 Å². The van der Waals surface area contributed by atoms with Crippen molar-refractivity contribution in [3.05, 3.63) is 12.2 Å². The fraction of sp³-hybridized carbons (Fsp3) is 0.846. The highest BCUT2D eigenvalue weighted by atomic mass is 15.2. The molecule has 0 aromatic heterocycles. The molecular formula is C13H27N3. The summed E-state index contributed by atoms with van der Waals surface area (Å²) < 4.78 is 0. The normalized spacial score (nSPS) is 21.9. The van der Waals surface area contributed by atoms with Gasteiger partial charge >= 0.3 is 0 Å². The zero-order valence-corrected chi connectivity index (χ0v) is 11.1. The minimum absolute atomic E-state index is 0.761. The highest BCUT2D eigenvalue weighted by Gasteiger charge is 2.23. The molecule has 1 rings (SSSR count). The number of nitrogens with zero attached hydrogens (tertiary/aromatic N) is 2. The van der Waals surface area contributed by atoms with Gasteiger partial charge in [0.1, 0.15) is 0 Å². The molecular weight excluding hydrogens is 198 g/mol. The molecule has 3 nitrogen and oxygen atoms in total. The predicted octanol–water partition coefficient (Wildman–Crippen LogP) is 1.18. The molecule has 0 aliphatic carbocycles. The Balaban J connectivity index is 2.27. The molecule has 1 aliphatic rings. The minimum Gasteiger partial charge on any atom is -0.316 e. The lowest BCUT2D eigenvalue weighted by molar-refractivity contribution is 0.205. The van der Waals surface area contributed by atoms with E-state index in [4.69, 9.17) is 0 Å². The lowest BCUT2D eigenvalue weighted by Gasteiger charge is -2.28. The van der Waals surface area contributed by atoms with Gasteiger partial charge in [0.15, 0.2) is 0 Å². The van der Waals surface area contributed by atoms with E-state index in [0.29, 0.717) is 0 Å². The van der Waals surface area contributed by atoms with Crippen molar-refractivity contribution in [1.82, 2.24) is 15.1 Å². The summed E-state index contributed by atoms with van der Waals surface area (Å²) >= 11 is 0. The molecule has 1 heterocycles. The Bertz CT molecular complexity index is 215. The second-order valence-corrected chi connectivity index (χ2v) is 4.90. The van der Waals surface area contributed by atoms with Crippen molar-refractivity contribution >= 4 is 0 Å². The van der Waals surface area contributed by atoms with Crippen LogP contribution < -0.4 is 5.32 Å². The summed E-state index contributed by atoms with van der Waals surface area (Å²) in [6.45, 7) is 11.9. The Hall–Kier alpha value is -0.380. The van der Waals surface area contributed by atoms with Gasteiger partial charge in [0.2, 0.25) is 0 Å². The lowest BCUT2D eigenvalue weighted by atomic mass is 10.2. The summed E-state index contributed by atoms with van der Waals surface area (Å²) in [4.78, 5) is 5.00. The zero-order chi connectivity index (χ0) is 12.0. The summed E-state index contributed by atoms with van der Waals surface area (Å²) in [7, 11) is 4.17. The fourth-order valence-corrected chi connectivity index (χ4v) is 2.63. The predicted molar refractivity (Wildman–Crippen MR) is 70.8 cm³/mol. The molecule has 0 aromatic rings. The van der Waals surface area contributed by atoms with Crippen LogP contribution in [0.3, 0.4) is 0 Å². The average molecular weight is 225 g/mol. The Labute approximate surface area is 100 Å². The van der Waals surface area contributed by atoms with E-state index in [9.17, 15) is 0 Å². The zero-order valence-electron chi connectivity index (χ0n) is 11.1. The number of likely N-dealkylation sites (N-methyl/N-ethyl adjacent to an activating group) is 3.